The van der Waals surface area contributed by atoms with Crippen LogP contribution in [0.5, 0.6) is 0 Å². The van der Waals surface area contributed by atoms with Gasteiger partial charge in [-0.05, 0) is 38.1 Å². The molecular weight excluding hydrogens is 280 g/mol. The summed E-state index contributed by atoms with van der Waals surface area (Å²) in [6, 6.07) is 11.3. The molecule has 0 radical (unpaired) electrons. The quantitative estimate of drug-likeness (QED) is 0.887. The van der Waals surface area contributed by atoms with Gasteiger partial charge in [0.25, 0.3) is 0 Å². The van der Waals surface area contributed by atoms with Gasteiger partial charge in [-0.1, -0.05) is 17.7 Å². The molecule has 0 bridgehead atoms. The smallest absolute Gasteiger partial charge is 0.322 e. The molecule has 22 heavy (non-hydrogen) atoms. The monoisotopic (exact) mass is 302 g/mol. The molecule has 0 fully saturated rings. The van der Waals surface area contributed by atoms with E-state index < -0.39 is 0 Å². The molecule has 1 aromatic carbocycles. The number of nitrogens with one attached hydrogen (secondary N) is 1. The zero-order chi connectivity index (χ0) is 15.9. The van der Waals surface area contributed by atoms with Gasteiger partial charge in [-0.15, -0.1) is 0 Å². The highest BCUT2D eigenvalue weighted by Crippen LogP contribution is 2.13. The van der Waals surface area contributed by atoms with Gasteiger partial charge < -0.3 is 19.4 Å². The first-order chi connectivity index (χ1) is 10.6. The Morgan fingerprint density at radius 2 is 1.91 bits per heavy atom. The van der Waals surface area contributed by atoms with Crippen LogP contribution >= 0.6 is 0 Å². The van der Waals surface area contributed by atoms with Crippen LogP contribution in [0.1, 0.15) is 17.1 Å². The molecule has 1 N–H and O–H groups in total. The van der Waals surface area contributed by atoms with E-state index in [1.165, 1.54) is 0 Å². The highest BCUT2D eigenvalue weighted by Gasteiger charge is 2.15. The predicted octanol–water partition coefficient (Wildman–Crippen LogP) is 3.58. The second kappa shape index (κ2) is 7.66. The molecule has 0 spiro atoms. The Morgan fingerprint density at radius 1 is 1.18 bits per heavy atom. The molecule has 0 aliphatic heterocycles. The number of methoxy groups -OCH3 is 1. The standard InChI is InChI=1S/C17H22N2O3/c1-13-4-7-15(8-5-13)18-17(20)19(10-11-21-3)12-16-9-6-14(2)22-16/h4-9H,10-12H2,1-3H3,(H,18,20). The van der Waals surface area contributed by atoms with Crippen LogP contribution < -0.4 is 5.32 Å². The van der Waals surface area contributed by atoms with Gasteiger partial charge in [-0.25, -0.2) is 4.79 Å². The van der Waals surface area contributed by atoms with Crippen molar-refractivity contribution in [3.8, 4) is 0 Å². The lowest BCUT2D eigenvalue weighted by Gasteiger charge is -2.22. The van der Waals surface area contributed by atoms with Crippen LogP contribution in [0.15, 0.2) is 40.8 Å². The van der Waals surface area contributed by atoms with Gasteiger partial charge in [0.05, 0.1) is 13.2 Å². The Kier molecular flexibility index (Phi) is 5.61. The van der Waals surface area contributed by atoms with E-state index >= 15 is 0 Å². The van der Waals surface area contributed by atoms with E-state index in [9.17, 15) is 4.79 Å². The predicted molar refractivity (Wildman–Crippen MR) is 85.9 cm³/mol. The van der Waals surface area contributed by atoms with Crippen molar-refractivity contribution in [2.45, 2.75) is 20.4 Å². The lowest BCUT2D eigenvalue weighted by atomic mass is 10.2. The second-order valence-electron chi connectivity index (χ2n) is 5.22. The fourth-order valence-corrected chi connectivity index (χ4v) is 2.05. The Morgan fingerprint density at radius 3 is 2.50 bits per heavy atom. The number of hydrogen-bond donors (Lipinski definition) is 1. The minimum absolute atomic E-state index is 0.171. The molecular formula is C17H22N2O3. The summed E-state index contributed by atoms with van der Waals surface area (Å²) < 4.78 is 10.6. The number of furan rings is 1. The third-order valence-electron chi connectivity index (χ3n) is 3.30. The first kappa shape index (κ1) is 16.1. The summed E-state index contributed by atoms with van der Waals surface area (Å²) in [5.74, 6) is 1.59. The van der Waals surface area contributed by atoms with Crippen molar-refractivity contribution in [3.05, 3.63) is 53.5 Å². The minimum Gasteiger partial charge on any atom is -0.464 e. The molecule has 2 aromatic rings. The van der Waals surface area contributed by atoms with E-state index in [0.29, 0.717) is 19.7 Å². The van der Waals surface area contributed by atoms with Crippen molar-refractivity contribution in [1.82, 2.24) is 4.90 Å². The second-order valence-corrected chi connectivity index (χ2v) is 5.22. The lowest BCUT2D eigenvalue weighted by molar-refractivity contribution is 0.149. The Hall–Kier alpha value is -2.27. The maximum absolute atomic E-state index is 12.4. The number of carbonyl (C=O) groups excluding carboxylic acids is 1. The molecule has 0 aliphatic rings. The van der Waals surface area contributed by atoms with Gasteiger partial charge in [0.1, 0.15) is 11.5 Å². The zero-order valence-corrected chi connectivity index (χ0v) is 13.3. The largest absolute Gasteiger partial charge is 0.464 e. The maximum atomic E-state index is 12.4. The average molecular weight is 302 g/mol. The highest BCUT2D eigenvalue weighted by molar-refractivity contribution is 5.89. The molecule has 0 saturated heterocycles. The van der Waals surface area contributed by atoms with Crippen molar-refractivity contribution in [2.24, 2.45) is 0 Å². The van der Waals surface area contributed by atoms with Crippen molar-refractivity contribution in [2.75, 3.05) is 25.6 Å². The third kappa shape index (κ3) is 4.63. The van der Waals surface area contributed by atoms with E-state index in [4.69, 9.17) is 9.15 Å². The summed E-state index contributed by atoms with van der Waals surface area (Å²) in [5.41, 5.74) is 1.92. The van der Waals surface area contributed by atoms with E-state index in [1.807, 2.05) is 50.2 Å². The summed E-state index contributed by atoms with van der Waals surface area (Å²) in [7, 11) is 1.62. The number of benzene rings is 1. The Labute approximate surface area is 130 Å². The van der Waals surface area contributed by atoms with Gasteiger partial charge in [0.2, 0.25) is 0 Å². The van der Waals surface area contributed by atoms with E-state index in [2.05, 4.69) is 5.32 Å². The van der Waals surface area contributed by atoms with Crippen LogP contribution in [0.4, 0.5) is 10.5 Å². The number of rotatable bonds is 6. The van der Waals surface area contributed by atoms with Gasteiger partial charge in [-0.2, -0.15) is 0 Å². The third-order valence-corrected chi connectivity index (χ3v) is 3.30. The number of hydrogen-bond acceptors (Lipinski definition) is 3. The molecule has 5 heteroatoms. The zero-order valence-electron chi connectivity index (χ0n) is 13.3. The van der Waals surface area contributed by atoms with Crippen LogP contribution in [0.2, 0.25) is 0 Å². The Bertz CT molecular complexity index is 605. The number of carbonyl (C=O) groups is 1. The SMILES string of the molecule is COCCN(Cc1ccc(C)o1)C(=O)Nc1ccc(C)cc1. The summed E-state index contributed by atoms with van der Waals surface area (Å²) in [6.45, 7) is 5.27. The number of nitrogens with zero attached hydrogens (tertiary/aromatic N) is 1. The highest BCUT2D eigenvalue weighted by atomic mass is 16.5. The van der Waals surface area contributed by atoms with E-state index in [0.717, 1.165) is 22.8 Å². The van der Waals surface area contributed by atoms with Crippen molar-refractivity contribution in [3.63, 3.8) is 0 Å². The first-order valence-electron chi connectivity index (χ1n) is 7.25. The van der Waals surface area contributed by atoms with Crippen LogP contribution in [-0.4, -0.2) is 31.2 Å². The van der Waals surface area contributed by atoms with Crippen LogP contribution in [0.25, 0.3) is 0 Å². The lowest BCUT2D eigenvalue weighted by Crippen LogP contribution is -2.36. The van der Waals surface area contributed by atoms with Gasteiger partial charge in [0, 0.05) is 19.3 Å². The van der Waals surface area contributed by atoms with Gasteiger partial charge in [-0.3, -0.25) is 0 Å². The molecule has 0 atom stereocenters. The molecule has 0 unspecified atom stereocenters. The topological polar surface area (TPSA) is 54.7 Å². The fourth-order valence-electron chi connectivity index (χ4n) is 2.05. The summed E-state index contributed by atoms with van der Waals surface area (Å²) >= 11 is 0. The average Bonchev–Trinajstić information content (AvgIpc) is 2.91. The van der Waals surface area contributed by atoms with Gasteiger partial charge >= 0.3 is 6.03 Å². The van der Waals surface area contributed by atoms with E-state index in [-0.39, 0.29) is 6.03 Å². The summed E-state index contributed by atoms with van der Waals surface area (Å²) in [5, 5.41) is 2.89. The molecule has 0 saturated carbocycles. The van der Waals surface area contributed by atoms with E-state index in [1.54, 1.807) is 12.0 Å². The van der Waals surface area contributed by atoms with Crippen molar-refractivity contribution < 1.29 is 13.9 Å². The van der Waals surface area contributed by atoms with Crippen molar-refractivity contribution in [1.29, 1.82) is 0 Å². The van der Waals surface area contributed by atoms with Crippen LogP contribution in [0.3, 0.4) is 0 Å². The number of ether oxygens (including phenoxy) is 1. The molecule has 2 rings (SSSR count). The maximum Gasteiger partial charge on any atom is 0.322 e. The summed E-state index contributed by atoms with van der Waals surface area (Å²) in [6.07, 6.45) is 0. The first-order valence-corrected chi connectivity index (χ1v) is 7.25. The van der Waals surface area contributed by atoms with Crippen LogP contribution in [-0.2, 0) is 11.3 Å². The molecule has 1 aromatic heterocycles. The fraction of sp³-hybridized carbons (Fsp3) is 0.353. The van der Waals surface area contributed by atoms with Crippen molar-refractivity contribution >= 4 is 11.7 Å². The Balaban J connectivity index is 2.03. The van der Waals surface area contributed by atoms with Gasteiger partial charge in [0.15, 0.2) is 0 Å². The molecule has 118 valence electrons. The number of amides is 2. The molecule has 5 nitrogen and oxygen atoms in total. The normalized spacial score (nSPS) is 10.5. The molecule has 2 amide bonds. The number of urea groups is 1. The summed E-state index contributed by atoms with van der Waals surface area (Å²) in [4.78, 5) is 14.1. The number of anilines is 1. The number of aryl methyl sites for hydroxylation is 2. The molecule has 1 heterocycles. The minimum atomic E-state index is -0.171. The molecule has 0 aliphatic carbocycles. The van der Waals surface area contributed by atoms with Crippen LogP contribution in [0, 0.1) is 13.8 Å².